The predicted molar refractivity (Wildman–Crippen MR) is 77.7 cm³/mol. The van der Waals surface area contributed by atoms with Crippen LogP contribution in [0.25, 0.3) is 0 Å². The molecule has 0 fully saturated rings. The van der Waals surface area contributed by atoms with Gasteiger partial charge in [-0.3, -0.25) is 9.48 Å². The summed E-state index contributed by atoms with van der Waals surface area (Å²) in [7, 11) is 1.82. The van der Waals surface area contributed by atoms with Crippen molar-refractivity contribution in [2.24, 2.45) is 12.8 Å². The number of para-hydroxylation sites is 1. The molecule has 0 saturated heterocycles. The molecule has 1 unspecified atom stereocenters. The van der Waals surface area contributed by atoms with E-state index in [9.17, 15) is 4.79 Å². The van der Waals surface area contributed by atoms with Gasteiger partial charge in [0.05, 0.1) is 11.3 Å². The van der Waals surface area contributed by atoms with E-state index in [0.717, 1.165) is 23.4 Å². The maximum atomic E-state index is 12.8. The number of nitrogens with two attached hydrogens (primary N) is 1. The molecule has 2 heterocycles. The highest BCUT2D eigenvalue weighted by Crippen LogP contribution is 2.28. The zero-order valence-electron chi connectivity index (χ0n) is 11.7. The van der Waals surface area contributed by atoms with Gasteiger partial charge < -0.3 is 10.6 Å². The van der Waals surface area contributed by atoms with Crippen molar-refractivity contribution in [2.75, 3.05) is 11.4 Å². The topological polar surface area (TPSA) is 64.2 Å². The predicted octanol–water partition coefficient (Wildman–Crippen LogP) is 1.26. The van der Waals surface area contributed by atoms with Gasteiger partial charge >= 0.3 is 0 Å². The number of hydrogen-bond acceptors (Lipinski definition) is 3. The van der Waals surface area contributed by atoms with Gasteiger partial charge in [-0.05, 0) is 25.0 Å². The number of carbonyl (C=O) groups is 1. The summed E-state index contributed by atoms with van der Waals surface area (Å²) in [5.74, 6) is -0.0294. The number of aryl methyl sites for hydroxylation is 2. The zero-order chi connectivity index (χ0) is 14.3. The molecule has 0 saturated carbocycles. The van der Waals surface area contributed by atoms with Crippen LogP contribution in [0, 0.1) is 6.92 Å². The van der Waals surface area contributed by atoms with Gasteiger partial charge in [0.15, 0.2) is 0 Å². The molecule has 0 radical (unpaired) electrons. The summed E-state index contributed by atoms with van der Waals surface area (Å²) in [6.07, 6.45) is 2.58. The summed E-state index contributed by atoms with van der Waals surface area (Å²) in [6.45, 7) is 2.40. The second-order valence-corrected chi connectivity index (χ2v) is 5.31. The standard InChI is InChI=1S/C15H18N4O/c1-10-13(9-18(2)17-10)15(20)19-8-12(16)7-11-5-3-4-6-14(11)19/h3-6,9,12H,7-8,16H2,1-2H3. The van der Waals surface area contributed by atoms with Crippen LogP contribution >= 0.6 is 0 Å². The van der Waals surface area contributed by atoms with Crippen LogP contribution in [0.1, 0.15) is 21.6 Å². The van der Waals surface area contributed by atoms with Crippen molar-refractivity contribution in [2.45, 2.75) is 19.4 Å². The number of aromatic nitrogens is 2. The molecule has 3 rings (SSSR count). The highest BCUT2D eigenvalue weighted by atomic mass is 16.2. The van der Waals surface area contributed by atoms with Crippen molar-refractivity contribution in [3.63, 3.8) is 0 Å². The summed E-state index contributed by atoms with van der Waals surface area (Å²) in [5.41, 5.74) is 9.55. The third-order valence-corrected chi connectivity index (χ3v) is 3.67. The first-order valence-corrected chi connectivity index (χ1v) is 6.72. The molecule has 0 bridgehead atoms. The van der Waals surface area contributed by atoms with Gasteiger partial charge in [-0.25, -0.2) is 0 Å². The molecule has 0 aliphatic carbocycles. The molecule has 1 atom stereocenters. The van der Waals surface area contributed by atoms with E-state index < -0.39 is 0 Å². The van der Waals surface area contributed by atoms with Crippen molar-refractivity contribution < 1.29 is 4.79 Å². The molecule has 1 aliphatic rings. The fraction of sp³-hybridized carbons (Fsp3) is 0.333. The third kappa shape index (κ3) is 2.10. The van der Waals surface area contributed by atoms with E-state index in [4.69, 9.17) is 5.73 Å². The molecule has 1 amide bonds. The molecule has 5 heteroatoms. The van der Waals surface area contributed by atoms with Crippen molar-refractivity contribution in [3.8, 4) is 0 Å². The number of anilines is 1. The van der Waals surface area contributed by atoms with Crippen molar-refractivity contribution in [1.82, 2.24) is 9.78 Å². The Morgan fingerprint density at radius 2 is 2.15 bits per heavy atom. The molecule has 20 heavy (non-hydrogen) atoms. The Bertz CT molecular complexity index is 662. The van der Waals surface area contributed by atoms with E-state index in [1.165, 1.54) is 0 Å². The van der Waals surface area contributed by atoms with E-state index in [1.807, 2.05) is 38.2 Å². The molecule has 1 aromatic heterocycles. The fourth-order valence-electron chi connectivity index (χ4n) is 2.77. The SMILES string of the molecule is Cc1nn(C)cc1C(=O)N1CC(N)Cc2ccccc21. The Morgan fingerprint density at radius 3 is 2.85 bits per heavy atom. The third-order valence-electron chi connectivity index (χ3n) is 3.67. The minimum atomic E-state index is -0.0294. The van der Waals surface area contributed by atoms with Crippen LogP contribution in [0.4, 0.5) is 5.69 Å². The lowest BCUT2D eigenvalue weighted by molar-refractivity contribution is 0.0983. The fourth-order valence-corrected chi connectivity index (χ4v) is 2.77. The second-order valence-electron chi connectivity index (χ2n) is 5.31. The summed E-state index contributed by atoms with van der Waals surface area (Å²) in [5, 5.41) is 4.24. The highest BCUT2D eigenvalue weighted by Gasteiger charge is 2.28. The lowest BCUT2D eigenvalue weighted by Gasteiger charge is -2.32. The lowest BCUT2D eigenvalue weighted by Crippen LogP contribution is -2.46. The summed E-state index contributed by atoms with van der Waals surface area (Å²) in [6, 6.07) is 7.92. The van der Waals surface area contributed by atoms with Crippen molar-refractivity contribution >= 4 is 11.6 Å². The first-order chi connectivity index (χ1) is 9.56. The van der Waals surface area contributed by atoms with Crippen LogP contribution in [-0.4, -0.2) is 28.3 Å². The quantitative estimate of drug-likeness (QED) is 0.848. The minimum Gasteiger partial charge on any atom is -0.326 e. The number of amides is 1. The molecular weight excluding hydrogens is 252 g/mol. The largest absolute Gasteiger partial charge is 0.326 e. The first-order valence-electron chi connectivity index (χ1n) is 6.72. The molecule has 104 valence electrons. The van der Waals surface area contributed by atoms with Gasteiger partial charge in [0.25, 0.3) is 5.91 Å². The van der Waals surface area contributed by atoms with Crippen LogP contribution in [0.15, 0.2) is 30.5 Å². The molecule has 2 aromatic rings. The molecule has 0 spiro atoms. The van der Waals surface area contributed by atoms with Crippen LogP contribution in [0.2, 0.25) is 0 Å². The smallest absolute Gasteiger partial charge is 0.261 e. The van der Waals surface area contributed by atoms with Gasteiger partial charge in [-0.15, -0.1) is 0 Å². The summed E-state index contributed by atoms with van der Waals surface area (Å²) in [4.78, 5) is 14.5. The molecule has 2 N–H and O–H groups in total. The van der Waals surface area contributed by atoms with Crippen molar-refractivity contribution in [1.29, 1.82) is 0 Å². The molecular formula is C15H18N4O. The zero-order valence-corrected chi connectivity index (χ0v) is 11.7. The van der Waals surface area contributed by atoms with Crippen LogP contribution in [0.3, 0.4) is 0 Å². The molecule has 5 nitrogen and oxygen atoms in total. The van der Waals surface area contributed by atoms with Crippen molar-refractivity contribution in [3.05, 3.63) is 47.3 Å². The number of benzene rings is 1. The van der Waals surface area contributed by atoms with Gasteiger partial charge in [0.1, 0.15) is 0 Å². The Balaban J connectivity index is 2.02. The highest BCUT2D eigenvalue weighted by molar-refractivity contribution is 6.07. The molecule has 1 aromatic carbocycles. The Labute approximate surface area is 118 Å². The van der Waals surface area contributed by atoms with Crippen LogP contribution in [-0.2, 0) is 13.5 Å². The minimum absolute atomic E-state index is 0.0224. The van der Waals surface area contributed by atoms with E-state index in [0.29, 0.717) is 12.1 Å². The van der Waals surface area contributed by atoms with Crippen LogP contribution < -0.4 is 10.6 Å². The van der Waals surface area contributed by atoms with Gasteiger partial charge in [0, 0.05) is 31.5 Å². The summed E-state index contributed by atoms with van der Waals surface area (Å²) < 4.78 is 1.67. The first kappa shape index (κ1) is 12.9. The maximum Gasteiger partial charge on any atom is 0.261 e. The van der Waals surface area contributed by atoms with E-state index in [-0.39, 0.29) is 11.9 Å². The number of hydrogen-bond donors (Lipinski definition) is 1. The lowest BCUT2D eigenvalue weighted by atomic mass is 9.98. The van der Waals surface area contributed by atoms with E-state index >= 15 is 0 Å². The second kappa shape index (κ2) is 4.76. The Kier molecular flexibility index (Phi) is 3.06. The van der Waals surface area contributed by atoms with Gasteiger partial charge in [0.2, 0.25) is 0 Å². The normalized spacial score (nSPS) is 17.9. The monoisotopic (exact) mass is 270 g/mol. The average Bonchev–Trinajstić information content (AvgIpc) is 2.76. The Morgan fingerprint density at radius 1 is 1.40 bits per heavy atom. The number of carbonyl (C=O) groups excluding carboxylic acids is 1. The maximum absolute atomic E-state index is 12.8. The average molecular weight is 270 g/mol. The van der Waals surface area contributed by atoms with Gasteiger partial charge in [-0.1, -0.05) is 18.2 Å². The van der Waals surface area contributed by atoms with E-state index in [2.05, 4.69) is 5.10 Å². The molecule has 1 aliphatic heterocycles. The number of fused-ring (bicyclic) bond motifs is 1. The number of nitrogens with zero attached hydrogens (tertiary/aromatic N) is 3. The van der Waals surface area contributed by atoms with Crippen LogP contribution in [0.5, 0.6) is 0 Å². The Hall–Kier alpha value is -2.14. The van der Waals surface area contributed by atoms with E-state index in [1.54, 1.807) is 15.8 Å². The number of rotatable bonds is 1. The summed E-state index contributed by atoms with van der Waals surface area (Å²) >= 11 is 0. The van der Waals surface area contributed by atoms with Gasteiger partial charge in [-0.2, -0.15) is 5.10 Å².